The molecule has 2 aromatic rings. The third-order valence-electron chi connectivity index (χ3n) is 3.24. The van der Waals surface area contributed by atoms with Crippen molar-refractivity contribution < 1.29 is 4.79 Å². The van der Waals surface area contributed by atoms with Gasteiger partial charge >= 0.3 is 0 Å². The molecule has 0 bridgehead atoms. The second-order valence-electron chi connectivity index (χ2n) is 4.91. The molecule has 2 aromatic carbocycles. The lowest BCUT2D eigenvalue weighted by Crippen LogP contribution is -2.45. The molecule has 5 heteroatoms. The van der Waals surface area contributed by atoms with Gasteiger partial charge in [0.2, 0.25) is 0 Å². The lowest BCUT2D eigenvalue weighted by Gasteiger charge is -2.29. The number of halogens is 3. The monoisotopic (exact) mass is 429 g/mol. The quantitative estimate of drug-likeness (QED) is 0.671. The molecular weight excluding hydrogens is 417 g/mol. The number of amides is 1. The zero-order valence-corrected chi connectivity index (χ0v) is 15.3. The zero-order valence-electron chi connectivity index (χ0n) is 11.4. The summed E-state index contributed by atoms with van der Waals surface area (Å²) in [4.78, 5) is 12.5. The van der Waals surface area contributed by atoms with Crippen molar-refractivity contribution in [3.05, 3.63) is 68.6 Å². The van der Waals surface area contributed by atoms with E-state index < -0.39 is 5.54 Å². The minimum absolute atomic E-state index is 0.165. The average molecular weight is 432 g/mol. The topological polar surface area (TPSA) is 29.1 Å². The number of hydrogen-bond acceptors (Lipinski definition) is 1. The van der Waals surface area contributed by atoms with Gasteiger partial charge < -0.3 is 5.32 Å². The summed E-state index contributed by atoms with van der Waals surface area (Å²) in [5, 5.41) is 3.02. The number of nitrogens with one attached hydrogen (secondary N) is 1. The molecule has 0 aliphatic carbocycles. The van der Waals surface area contributed by atoms with Crippen molar-refractivity contribution in [2.24, 2.45) is 0 Å². The zero-order chi connectivity index (χ0) is 15.5. The minimum atomic E-state index is -0.619. The maximum absolute atomic E-state index is 12.5. The summed E-state index contributed by atoms with van der Waals surface area (Å²) in [5.74, 6) is 0.123. The van der Waals surface area contributed by atoms with Crippen LogP contribution in [0.2, 0.25) is 0 Å². The van der Waals surface area contributed by atoms with Gasteiger partial charge in [-0.2, -0.15) is 0 Å². The molecule has 110 valence electrons. The van der Waals surface area contributed by atoms with Crippen LogP contribution in [0, 0.1) is 0 Å². The summed E-state index contributed by atoms with van der Waals surface area (Å²) in [6.45, 7) is 1.92. The average Bonchev–Trinajstić information content (AvgIpc) is 2.47. The Kier molecular flexibility index (Phi) is 5.47. The van der Waals surface area contributed by atoms with E-state index in [4.69, 9.17) is 11.6 Å². The van der Waals surface area contributed by atoms with Gasteiger partial charge in [-0.3, -0.25) is 4.79 Å². The van der Waals surface area contributed by atoms with Crippen molar-refractivity contribution in [1.29, 1.82) is 0 Å². The third kappa shape index (κ3) is 3.87. The van der Waals surface area contributed by atoms with Crippen LogP contribution < -0.4 is 5.32 Å². The summed E-state index contributed by atoms with van der Waals surface area (Å²) >= 11 is 12.9. The highest BCUT2D eigenvalue weighted by atomic mass is 79.9. The van der Waals surface area contributed by atoms with E-state index in [2.05, 4.69) is 37.2 Å². The molecule has 1 amide bonds. The van der Waals surface area contributed by atoms with Crippen molar-refractivity contribution in [2.45, 2.75) is 12.5 Å². The van der Waals surface area contributed by atoms with Gasteiger partial charge in [0, 0.05) is 14.8 Å². The first kappa shape index (κ1) is 16.5. The van der Waals surface area contributed by atoms with Gasteiger partial charge in [0.05, 0.1) is 11.1 Å². The molecule has 0 saturated heterocycles. The first-order chi connectivity index (χ1) is 9.96. The highest BCUT2D eigenvalue weighted by molar-refractivity contribution is 9.11. The Bertz CT molecular complexity index is 648. The Hall–Kier alpha value is -0.840. The van der Waals surface area contributed by atoms with E-state index in [1.165, 1.54) is 0 Å². The van der Waals surface area contributed by atoms with Gasteiger partial charge in [-0.05, 0) is 46.6 Å². The smallest absolute Gasteiger partial charge is 0.253 e. The molecule has 0 saturated carbocycles. The highest BCUT2D eigenvalue weighted by Gasteiger charge is 2.28. The molecule has 0 aliphatic rings. The fourth-order valence-electron chi connectivity index (χ4n) is 1.98. The van der Waals surface area contributed by atoms with Gasteiger partial charge in [-0.1, -0.05) is 46.3 Å². The summed E-state index contributed by atoms with van der Waals surface area (Å²) in [7, 11) is 0. The Morgan fingerprint density at radius 2 is 1.86 bits per heavy atom. The number of rotatable bonds is 4. The number of carbonyl (C=O) groups excluding carboxylic acids is 1. The van der Waals surface area contributed by atoms with Crippen molar-refractivity contribution >= 4 is 49.4 Å². The fourth-order valence-corrected chi connectivity index (χ4v) is 3.43. The molecular formula is C16H14Br2ClNO. The van der Waals surface area contributed by atoms with Gasteiger partial charge in [-0.25, -0.2) is 0 Å². The van der Waals surface area contributed by atoms with Crippen LogP contribution in [0.15, 0.2) is 57.5 Å². The molecule has 0 spiro atoms. The molecule has 0 aliphatic heterocycles. The van der Waals surface area contributed by atoms with Gasteiger partial charge in [-0.15, -0.1) is 11.6 Å². The van der Waals surface area contributed by atoms with Crippen LogP contribution >= 0.6 is 43.5 Å². The molecule has 21 heavy (non-hydrogen) atoms. The van der Waals surface area contributed by atoms with Crippen molar-refractivity contribution in [3.8, 4) is 0 Å². The van der Waals surface area contributed by atoms with Crippen LogP contribution in [0.25, 0.3) is 0 Å². The second-order valence-corrected chi connectivity index (χ2v) is 6.95. The fraction of sp³-hybridized carbons (Fsp3) is 0.188. The lowest BCUT2D eigenvalue weighted by molar-refractivity contribution is 0.0912. The van der Waals surface area contributed by atoms with E-state index in [1.807, 2.05) is 49.4 Å². The van der Waals surface area contributed by atoms with Crippen molar-refractivity contribution in [2.75, 3.05) is 5.88 Å². The largest absolute Gasteiger partial charge is 0.342 e. The van der Waals surface area contributed by atoms with E-state index >= 15 is 0 Å². The molecule has 1 atom stereocenters. The summed E-state index contributed by atoms with van der Waals surface area (Å²) in [5.41, 5.74) is 0.930. The first-order valence-corrected chi connectivity index (χ1v) is 8.47. The van der Waals surface area contributed by atoms with Crippen molar-refractivity contribution in [3.63, 3.8) is 0 Å². The minimum Gasteiger partial charge on any atom is -0.342 e. The van der Waals surface area contributed by atoms with Crippen molar-refractivity contribution in [1.82, 2.24) is 5.32 Å². The molecule has 2 nitrogen and oxygen atoms in total. The Morgan fingerprint density at radius 3 is 2.43 bits per heavy atom. The van der Waals surface area contributed by atoms with Crippen LogP contribution in [0.3, 0.4) is 0 Å². The highest BCUT2D eigenvalue weighted by Crippen LogP contribution is 2.26. The van der Waals surface area contributed by atoms with Crippen LogP contribution in [-0.4, -0.2) is 11.8 Å². The second kappa shape index (κ2) is 6.95. The van der Waals surface area contributed by atoms with Gasteiger partial charge in [0.1, 0.15) is 0 Å². The number of hydrogen-bond donors (Lipinski definition) is 1. The number of benzene rings is 2. The van der Waals surface area contributed by atoms with Crippen LogP contribution in [0.4, 0.5) is 0 Å². The maximum Gasteiger partial charge on any atom is 0.253 e. The third-order valence-corrected chi connectivity index (χ3v) is 4.93. The number of alkyl halides is 1. The Labute approximate surface area is 146 Å². The van der Waals surface area contributed by atoms with E-state index in [1.54, 1.807) is 6.07 Å². The molecule has 0 fully saturated rings. The van der Waals surface area contributed by atoms with E-state index in [9.17, 15) is 4.79 Å². The van der Waals surface area contributed by atoms with Crippen LogP contribution in [0.1, 0.15) is 22.8 Å². The van der Waals surface area contributed by atoms with Gasteiger partial charge in [0.15, 0.2) is 0 Å². The first-order valence-electron chi connectivity index (χ1n) is 6.35. The van der Waals surface area contributed by atoms with E-state index in [0.29, 0.717) is 5.56 Å². The molecule has 2 rings (SSSR count). The summed E-state index contributed by atoms with van der Waals surface area (Å²) in [6.07, 6.45) is 0. The number of carbonyl (C=O) groups is 1. The Morgan fingerprint density at radius 1 is 1.19 bits per heavy atom. The summed E-state index contributed by atoms with van der Waals surface area (Å²) < 4.78 is 1.65. The normalized spacial score (nSPS) is 13.5. The predicted octanol–water partition coefficient (Wildman–Crippen LogP) is 5.10. The maximum atomic E-state index is 12.5. The predicted molar refractivity (Wildman–Crippen MR) is 93.8 cm³/mol. The van der Waals surface area contributed by atoms with Crippen LogP contribution in [0.5, 0.6) is 0 Å². The standard InChI is InChI=1S/C16H14Br2ClNO/c1-16(10-19,11-5-3-2-4-6-11)20-15(21)13-8-7-12(17)9-14(13)18/h2-9H,10H2,1H3,(H,20,21). The SMILES string of the molecule is CC(CCl)(NC(=O)c1ccc(Br)cc1Br)c1ccccc1. The summed E-state index contributed by atoms with van der Waals surface area (Å²) in [6, 6.07) is 15.2. The van der Waals surface area contributed by atoms with Crippen LogP contribution in [-0.2, 0) is 5.54 Å². The van der Waals surface area contributed by atoms with E-state index in [0.717, 1.165) is 14.5 Å². The molecule has 1 N–H and O–H groups in total. The molecule has 1 unspecified atom stereocenters. The molecule has 0 radical (unpaired) electrons. The van der Waals surface area contributed by atoms with E-state index in [-0.39, 0.29) is 11.8 Å². The van der Waals surface area contributed by atoms with Gasteiger partial charge in [0.25, 0.3) is 5.91 Å². The molecule has 0 heterocycles. The molecule has 0 aromatic heterocycles. The lowest BCUT2D eigenvalue weighted by atomic mass is 9.93. The Balaban J connectivity index is 2.28.